The number of fused-ring (bicyclic) bond motifs is 1. The summed E-state index contributed by atoms with van der Waals surface area (Å²) in [4.78, 5) is 16.0. The Hall–Kier alpha value is -1.64. The number of oxazole rings is 1. The Balaban J connectivity index is 2.40. The van der Waals surface area contributed by atoms with Gasteiger partial charge in [0, 0.05) is 19.3 Å². The first-order valence-electron chi connectivity index (χ1n) is 5.45. The Morgan fingerprint density at radius 3 is 2.88 bits per heavy atom. The molecule has 3 heteroatoms. The van der Waals surface area contributed by atoms with Gasteiger partial charge in [-0.3, -0.25) is 4.79 Å². The highest BCUT2D eigenvalue weighted by Gasteiger charge is 2.13. The smallest absolute Gasteiger partial charge is 0.192 e. The maximum absolute atomic E-state index is 11.7. The number of benzene rings is 1. The molecule has 0 saturated carbocycles. The second-order valence-corrected chi connectivity index (χ2v) is 4.29. The van der Waals surface area contributed by atoms with E-state index in [1.54, 1.807) is 0 Å². The molecular weight excluding hydrogens is 202 g/mol. The van der Waals surface area contributed by atoms with E-state index in [0.717, 1.165) is 16.7 Å². The van der Waals surface area contributed by atoms with Crippen molar-refractivity contribution < 1.29 is 9.21 Å². The largest absolute Gasteiger partial charge is 0.441 e. The van der Waals surface area contributed by atoms with Gasteiger partial charge in [0.15, 0.2) is 11.5 Å². The predicted octanol–water partition coefficient (Wildman–Crippen LogP) is 2.90. The number of carbonyl (C=O) groups excluding carboxylic acids is 1. The van der Waals surface area contributed by atoms with Gasteiger partial charge < -0.3 is 4.42 Å². The molecule has 0 atom stereocenters. The number of Topliss-reactive ketones (excluding diaryl/α,β-unsaturated/α-hetero) is 1. The van der Waals surface area contributed by atoms with Crippen LogP contribution in [0.25, 0.3) is 11.1 Å². The van der Waals surface area contributed by atoms with Crippen molar-refractivity contribution >= 4 is 16.9 Å². The van der Waals surface area contributed by atoms with Gasteiger partial charge in [-0.15, -0.1) is 0 Å². The van der Waals surface area contributed by atoms with Gasteiger partial charge in [0.2, 0.25) is 0 Å². The molecule has 0 fully saturated rings. The minimum atomic E-state index is 0.0586. The summed E-state index contributed by atoms with van der Waals surface area (Å²) in [5.41, 5.74) is 2.52. The molecule has 0 radical (unpaired) electrons. The maximum atomic E-state index is 11.7. The molecule has 16 heavy (non-hydrogen) atoms. The van der Waals surface area contributed by atoms with E-state index >= 15 is 0 Å². The van der Waals surface area contributed by atoms with Crippen molar-refractivity contribution in [2.24, 2.45) is 5.92 Å². The highest BCUT2D eigenvalue weighted by Crippen LogP contribution is 2.20. The summed E-state index contributed by atoms with van der Waals surface area (Å²) < 4.78 is 5.43. The van der Waals surface area contributed by atoms with Crippen LogP contribution in [0, 0.1) is 12.8 Å². The normalized spacial score (nSPS) is 11.2. The molecular formula is C13H15NO2. The highest BCUT2D eigenvalue weighted by atomic mass is 16.3. The monoisotopic (exact) mass is 217 g/mol. The van der Waals surface area contributed by atoms with E-state index in [-0.39, 0.29) is 11.7 Å². The van der Waals surface area contributed by atoms with Gasteiger partial charge in [-0.2, -0.15) is 0 Å². The zero-order chi connectivity index (χ0) is 11.7. The number of carbonyl (C=O) groups is 1. The first-order valence-corrected chi connectivity index (χ1v) is 5.45. The van der Waals surface area contributed by atoms with Gasteiger partial charge in [-0.25, -0.2) is 4.98 Å². The lowest BCUT2D eigenvalue weighted by molar-refractivity contribution is -0.121. The minimum absolute atomic E-state index is 0.0586. The fourth-order valence-corrected chi connectivity index (χ4v) is 1.65. The van der Waals surface area contributed by atoms with Crippen LogP contribution < -0.4 is 0 Å². The fraction of sp³-hybridized carbons (Fsp3) is 0.385. The van der Waals surface area contributed by atoms with Gasteiger partial charge in [-0.05, 0) is 11.6 Å². The Morgan fingerprint density at radius 2 is 2.19 bits per heavy atom. The fourth-order valence-electron chi connectivity index (χ4n) is 1.65. The molecule has 1 aromatic heterocycles. The molecule has 0 unspecified atom stereocenters. The third-order valence-electron chi connectivity index (χ3n) is 2.62. The lowest BCUT2D eigenvalue weighted by atomic mass is 10.0. The highest BCUT2D eigenvalue weighted by molar-refractivity contribution is 5.87. The van der Waals surface area contributed by atoms with E-state index < -0.39 is 0 Å². The van der Waals surface area contributed by atoms with E-state index in [0.29, 0.717) is 12.3 Å². The Bertz CT molecular complexity index is 526. The standard InChI is InChI=1S/C13H15NO2/c1-8(2)11(15)7-10-5-4-6-12-13(10)14-9(3)16-12/h4-6,8H,7H2,1-3H3. The van der Waals surface area contributed by atoms with Gasteiger partial charge in [0.05, 0.1) is 0 Å². The topological polar surface area (TPSA) is 43.1 Å². The van der Waals surface area contributed by atoms with Crippen molar-refractivity contribution in [1.29, 1.82) is 0 Å². The van der Waals surface area contributed by atoms with Crippen molar-refractivity contribution in [3.8, 4) is 0 Å². The van der Waals surface area contributed by atoms with Crippen molar-refractivity contribution in [2.45, 2.75) is 27.2 Å². The summed E-state index contributed by atoms with van der Waals surface area (Å²) >= 11 is 0. The number of nitrogens with zero attached hydrogens (tertiary/aromatic N) is 1. The number of para-hydroxylation sites is 1. The SMILES string of the molecule is Cc1nc2c(CC(=O)C(C)C)cccc2o1. The van der Waals surface area contributed by atoms with Crippen LogP contribution in [0.1, 0.15) is 25.3 Å². The van der Waals surface area contributed by atoms with Crippen LogP contribution in [0.5, 0.6) is 0 Å². The second-order valence-electron chi connectivity index (χ2n) is 4.29. The van der Waals surface area contributed by atoms with Crippen LogP contribution >= 0.6 is 0 Å². The van der Waals surface area contributed by atoms with E-state index in [1.807, 2.05) is 39.0 Å². The molecule has 2 rings (SSSR count). The Morgan fingerprint density at radius 1 is 1.44 bits per heavy atom. The molecule has 3 nitrogen and oxygen atoms in total. The molecule has 0 spiro atoms. The quantitative estimate of drug-likeness (QED) is 0.793. The van der Waals surface area contributed by atoms with Crippen LogP contribution in [0.15, 0.2) is 22.6 Å². The molecule has 0 aliphatic rings. The van der Waals surface area contributed by atoms with Gasteiger partial charge >= 0.3 is 0 Å². The van der Waals surface area contributed by atoms with Gasteiger partial charge in [0.25, 0.3) is 0 Å². The third kappa shape index (κ3) is 1.98. The lowest BCUT2D eigenvalue weighted by Gasteiger charge is -2.03. The first kappa shape index (κ1) is 10.9. The van der Waals surface area contributed by atoms with Crippen LogP contribution in [-0.4, -0.2) is 10.8 Å². The van der Waals surface area contributed by atoms with Crippen molar-refractivity contribution in [2.75, 3.05) is 0 Å². The lowest BCUT2D eigenvalue weighted by Crippen LogP contribution is -2.10. The summed E-state index contributed by atoms with van der Waals surface area (Å²) in [6, 6.07) is 5.71. The average Bonchev–Trinajstić information content (AvgIpc) is 2.59. The number of ketones is 1. The Labute approximate surface area is 94.5 Å². The average molecular weight is 217 g/mol. The van der Waals surface area contributed by atoms with E-state index in [9.17, 15) is 4.79 Å². The summed E-state index contributed by atoms with van der Waals surface area (Å²) in [5, 5.41) is 0. The van der Waals surface area contributed by atoms with E-state index in [1.165, 1.54) is 0 Å². The molecule has 0 N–H and O–H groups in total. The van der Waals surface area contributed by atoms with Crippen LogP contribution in [0.4, 0.5) is 0 Å². The van der Waals surface area contributed by atoms with E-state index in [2.05, 4.69) is 4.98 Å². The molecule has 0 aliphatic carbocycles. The van der Waals surface area contributed by atoms with Crippen LogP contribution in [0.2, 0.25) is 0 Å². The predicted molar refractivity (Wildman–Crippen MR) is 62.3 cm³/mol. The third-order valence-corrected chi connectivity index (χ3v) is 2.62. The summed E-state index contributed by atoms with van der Waals surface area (Å²) in [6.45, 7) is 5.64. The summed E-state index contributed by atoms with van der Waals surface area (Å²) in [6.07, 6.45) is 0.432. The number of aryl methyl sites for hydroxylation is 1. The molecule has 1 heterocycles. The number of rotatable bonds is 3. The van der Waals surface area contributed by atoms with Crippen LogP contribution in [0.3, 0.4) is 0 Å². The minimum Gasteiger partial charge on any atom is -0.441 e. The Kier molecular flexibility index (Phi) is 2.77. The summed E-state index contributed by atoms with van der Waals surface area (Å²) in [7, 11) is 0. The van der Waals surface area contributed by atoms with Gasteiger partial charge in [-0.1, -0.05) is 26.0 Å². The van der Waals surface area contributed by atoms with Crippen molar-refractivity contribution in [3.05, 3.63) is 29.7 Å². The molecule has 1 aromatic carbocycles. The molecule has 0 amide bonds. The van der Waals surface area contributed by atoms with Crippen molar-refractivity contribution in [3.63, 3.8) is 0 Å². The molecule has 2 aromatic rings. The number of hydrogen-bond acceptors (Lipinski definition) is 3. The summed E-state index contributed by atoms with van der Waals surface area (Å²) in [5.74, 6) is 0.927. The molecule has 84 valence electrons. The van der Waals surface area contributed by atoms with Crippen LogP contribution in [-0.2, 0) is 11.2 Å². The molecule has 0 saturated heterocycles. The number of hydrogen-bond donors (Lipinski definition) is 0. The number of aromatic nitrogens is 1. The maximum Gasteiger partial charge on any atom is 0.192 e. The van der Waals surface area contributed by atoms with Crippen molar-refractivity contribution in [1.82, 2.24) is 4.98 Å². The zero-order valence-electron chi connectivity index (χ0n) is 9.78. The van der Waals surface area contributed by atoms with Gasteiger partial charge in [0.1, 0.15) is 11.3 Å². The second kappa shape index (κ2) is 4.08. The molecule has 0 aliphatic heterocycles. The van der Waals surface area contributed by atoms with E-state index in [4.69, 9.17) is 4.42 Å². The molecule has 0 bridgehead atoms. The first-order chi connectivity index (χ1) is 7.58. The zero-order valence-corrected chi connectivity index (χ0v) is 9.78.